The smallest absolute Gasteiger partial charge is 0.188 e. The fourth-order valence-electron chi connectivity index (χ4n) is 3.29. The average molecular weight is 319 g/mol. The first-order chi connectivity index (χ1) is 11.4. The summed E-state index contributed by atoms with van der Waals surface area (Å²) in [5.41, 5.74) is 6.39. The van der Waals surface area contributed by atoms with Crippen LogP contribution in [0.25, 0.3) is 10.8 Å². The summed E-state index contributed by atoms with van der Waals surface area (Å²) in [6, 6.07) is 13.0. The summed E-state index contributed by atoms with van der Waals surface area (Å²) in [6.45, 7) is 10.3. The number of benzene rings is 2. The lowest BCUT2D eigenvalue weighted by atomic mass is 9.94. The monoisotopic (exact) mass is 319 g/mol. The van der Waals surface area contributed by atoms with Crippen molar-refractivity contribution < 1.29 is 0 Å². The summed E-state index contributed by atoms with van der Waals surface area (Å²) in [5.74, 6) is 0.301. The third kappa shape index (κ3) is 3.01. The molecule has 24 heavy (non-hydrogen) atoms. The van der Waals surface area contributed by atoms with Gasteiger partial charge in [0.1, 0.15) is 0 Å². The minimum Gasteiger partial charge on any atom is -0.362 e. The molecule has 1 aromatic heterocycles. The Kier molecular flexibility index (Phi) is 4.31. The Hall–Kier alpha value is -2.35. The molecule has 0 aliphatic carbocycles. The Balaban J connectivity index is 2.09. The van der Waals surface area contributed by atoms with Crippen molar-refractivity contribution in [1.82, 2.24) is 4.98 Å². The molecule has 0 radical (unpaired) electrons. The largest absolute Gasteiger partial charge is 0.362 e. The van der Waals surface area contributed by atoms with Gasteiger partial charge >= 0.3 is 0 Å². The van der Waals surface area contributed by atoms with Crippen molar-refractivity contribution in [3.63, 3.8) is 0 Å². The first kappa shape index (κ1) is 16.5. The molecular formula is C22H25NO. The molecule has 1 heterocycles. The highest BCUT2D eigenvalue weighted by atomic mass is 16.1. The Morgan fingerprint density at radius 2 is 1.62 bits per heavy atom. The van der Waals surface area contributed by atoms with Crippen molar-refractivity contribution in [3.8, 4) is 0 Å². The maximum Gasteiger partial charge on any atom is 0.188 e. The maximum absolute atomic E-state index is 12.8. The lowest BCUT2D eigenvalue weighted by Gasteiger charge is -2.16. The average Bonchev–Trinajstić information content (AvgIpc) is 2.55. The van der Waals surface area contributed by atoms with Crippen LogP contribution in [-0.2, 0) is 6.42 Å². The minimum atomic E-state index is 0.180. The number of rotatable bonds is 3. The van der Waals surface area contributed by atoms with Gasteiger partial charge < -0.3 is 4.98 Å². The van der Waals surface area contributed by atoms with Crippen LogP contribution >= 0.6 is 0 Å². The van der Waals surface area contributed by atoms with Gasteiger partial charge in [0.05, 0.1) is 0 Å². The Bertz CT molecular complexity index is 964. The molecule has 0 saturated carbocycles. The van der Waals surface area contributed by atoms with Gasteiger partial charge in [-0.2, -0.15) is 0 Å². The lowest BCUT2D eigenvalue weighted by Crippen LogP contribution is -2.20. The number of hydrogen-bond donors (Lipinski definition) is 1. The molecule has 0 aliphatic rings. The van der Waals surface area contributed by atoms with Crippen LogP contribution < -0.4 is 5.43 Å². The summed E-state index contributed by atoms with van der Waals surface area (Å²) in [6.07, 6.45) is 0.674. The van der Waals surface area contributed by atoms with Crippen LogP contribution in [0.3, 0.4) is 0 Å². The van der Waals surface area contributed by atoms with Crippen LogP contribution in [0, 0.1) is 20.8 Å². The zero-order chi connectivity index (χ0) is 17.4. The highest BCUT2D eigenvalue weighted by molar-refractivity contribution is 5.83. The van der Waals surface area contributed by atoms with Crippen LogP contribution in [0.2, 0.25) is 0 Å². The van der Waals surface area contributed by atoms with Gasteiger partial charge in [-0.05, 0) is 43.0 Å². The molecule has 0 fully saturated rings. The van der Waals surface area contributed by atoms with Gasteiger partial charge in [-0.25, -0.2) is 0 Å². The van der Waals surface area contributed by atoms with Gasteiger partial charge in [-0.3, -0.25) is 4.79 Å². The molecule has 0 amide bonds. The van der Waals surface area contributed by atoms with Crippen LogP contribution in [0.5, 0.6) is 0 Å². The lowest BCUT2D eigenvalue weighted by molar-refractivity contribution is 0.788. The quantitative estimate of drug-likeness (QED) is 0.710. The summed E-state index contributed by atoms with van der Waals surface area (Å²) in [4.78, 5) is 16.3. The zero-order valence-electron chi connectivity index (χ0n) is 15.2. The Morgan fingerprint density at radius 1 is 0.958 bits per heavy atom. The van der Waals surface area contributed by atoms with E-state index in [0.29, 0.717) is 12.3 Å². The van der Waals surface area contributed by atoms with E-state index in [1.807, 2.05) is 13.8 Å². The third-order valence-corrected chi connectivity index (χ3v) is 4.84. The van der Waals surface area contributed by atoms with E-state index < -0.39 is 0 Å². The molecule has 124 valence electrons. The topological polar surface area (TPSA) is 32.9 Å². The van der Waals surface area contributed by atoms with E-state index in [0.717, 1.165) is 22.5 Å². The van der Waals surface area contributed by atoms with Crippen LogP contribution in [0.4, 0.5) is 0 Å². The number of aromatic nitrogens is 1. The standard InChI is InChI=1S/C22H25NO/c1-13(2)21-20(22(24)15(4)16(5)23-21)12-17-7-9-18-10-14(3)6-8-19(18)11-17/h6-11,13H,12H2,1-5H3,(H,23,24). The summed E-state index contributed by atoms with van der Waals surface area (Å²) >= 11 is 0. The maximum atomic E-state index is 12.8. The van der Waals surface area contributed by atoms with Crippen molar-refractivity contribution in [3.05, 3.63) is 80.3 Å². The number of aromatic amines is 1. The number of nitrogens with one attached hydrogen (secondary N) is 1. The molecule has 0 unspecified atom stereocenters. The number of H-pyrrole nitrogens is 1. The Morgan fingerprint density at radius 3 is 2.33 bits per heavy atom. The van der Waals surface area contributed by atoms with Crippen LogP contribution in [0.15, 0.2) is 41.2 Å². The van der Waals surface area contributed by atoms with E-state index >= 15 is 0 Å². The van der Waals surface area contributed by atoms with Gasteiger partial charge in [0.2, 0.25) is 0 Å². The molecule has 2 heteroatoms. The minimum absolute atomic E-state index is 0.180. The normalized spacial score (nSPS) is 11.4. The third-order valence-electron chi connectivity index (χ3n) is 4.84. The molecule has 3 rings (SSSR count). The van der Waals surface area contributed by atoms with E-state index in [4.69, 9.17) is 0 Å². The molecule has 0 aliphatic heterocycles. The van der Waals surface area contributed by atoms with Crippen molar-refractivity contribution in [1.29, 1.82) is 0 Å². The molecule has 2 aromatic carbocycles. The molecular weight excluding hydrogens is 294 g/mol. The number of fused-ring (bicyclic) bond motifs is 1. The van der Waals surface area contributed by atoms with Crippen molar-refractivity contribution >= 4 is 10.8 Å². The summed E-state index contributed by atoms with van der Waals surface area (Å²) < 4.78 is 0. The van der Waals surface area contributed by atoms with E-state index in [2.05, 4.69) is 62.2 Å². The second-order valence-electron chi connectivity index (χ2n) is 7.11. The van der Waals surface area contributed by atoms with Crippen molar-refractivity contribution in [2.24, 2.45) is 0 Å². The zero-order valence-corrected chi connectivity index (χ0v) is 15.2. The highest BCUT2D eigenvalue weighted by Gasteiger charge is 2.15. The van der Waals surface area contributed by atoms with Gasteiger partial charge in [0.15, 0.2) is 5.43 Å². The van der Waals surface area contributed by atoms with Gasteiger partial charge in [-0.15, -0.1) is 0 Å². The number of aryl methyl sites for hydroxylation is 2. The number of pyridine rings is 1. The van der Waals surface area contributed by atoms with E-state index in [1.165, 1.54) is 21.9 Å². The molecule has 2 nitrogen and oxygen atoms in total. The molecule has 0 atom stereocenters. The first-order valence-electron chi connectivity index (χ1n) is 8.58. The highest BCUT2D eigenvalue weighted by Crippen LogP contribution is 2.22. The summed E-state index contributed by atoms with van der Waals surface area (Å²) in [7, 11) is 0. The molecule has 0 spiro atoms. The number of hydrogen-bond acceptors (Lipinski definition) is 1. The summed E-state index contributed by atoms with van der Waals surface area (Å²) in [5, 5.41) is 2.47. The van der Waals surface area contributed by atoms with Gasteiger partial charge in [0.25, 0.3) is 0 Å². The first-order valence-corrected chi connectivity index (χ1v) is 8.58. The van der Waals surface area contributed by atoms with E-state index in [1.54, 1.807) is 0 Å². The second-order valence-corrected chi connectivity index (χ2v) is 7.11. The molecule has 3 aromatic rings. The molecule has 1 N–H and O–H groups in total. The van der Waals surface area contributed by atoms with Crippen molar-refractivity contribution in [2.75, 3.05) is 0 Å². The van der Waals surface area contributed by atoms with Crippen LogP contribution in [-0.4, -0.2) is 4.98 Å². The van der Waals surface area contributed by atoms with Crippen LogP contribution in [0.1, 0.15) is 53.4 Å². The fraction of sp³-hybridized carbons (Fsp3) is 0.318. The molecule has 0 saturated heterocycles. The fourth-order valence-corrected chi connectivity index (χ4v) is 3.29. The SMILES string of the molecule is Cc1ccc2cc(Cc3c(C(C)C)[nH]c(C)c(C)c3=O)ccc2c1. The van der Waals surface area contributed by atoms with Crippen molar-refractivity contribution in [2.45, 2.75) is 47.0 Å². The predicted molar refractivity (Wildman–Crippen MR) is 102 cm³/mol. The van der Waals surface area contributed by atoms with Gasteiger partial charge in [0, 0.05) is 28.9 Å². The predicted octanol–water partition coefficient (Wildman–Crippen LogP) is 5.17. The van der Waals surface area contributed by atoms with E-state index in [-0.39, 0.29) is 5.43 Å². The van der Waals surface area contributed by atoms with E-state index in [9.17, 15) is 4.79 Å². The van der Waals surface area contributed by atoms with Gasteiger partial charge in [-0.1, -0.05) is 55.8 Å². The Labute approximate surface area is 143 Å². The molecule has 0 bridgehead atoms. The second kappa shape index (κ2) is 6.27.